The maximum Gasteiger partial charge on any atom is 0.543 e. The molecule has 152 valence electrons. The minimum absolute atomic E-state index is 0.0810. The molecule has 1 unspecified atom stereocenters. The van der Waals surface area contributed by atoms with Crippen LogP contribution in [0.25, 0.3) is 0 Å². The molecule has 0 radical (unpaired) electrons. The monoisotopic (exact) mass is 402 g/mol. The van der Waals surface area contributed by atoms with E-state index in [4.69, 9.17) is 18.0 Å². The van der Waals surface area contributed by atoms with Gasteiger partial charge in [0, 0.05) is 25.4 Å². The summed E-state index contributed by atoms with van der Waals surface area (Å²) in [5.41, 5.74) is 0.728. The molecule has 6 heteroatoms. The van der Waals surface area contributed by atoms with Gasteiger partial charge in [-0.25, -0.2) is 0 Å². The second-order valence-electron chi connectivity index (χ2n) is 6.11. The summed E-state index contributed by atoms with van der Waals surface area (Å²) in [7, 11) is -3.08. The van der Waals surface area contributed by atoms with E-state index in [0.29, 0.717) is 43.1 Å². The first-order valence-electron chi connectivity index (χ1n) is 9.89. The number of ketones is 1. The molecule has 0 aromatic heterocycles. The maximum atomic E-state index is 13.0. The molecule has 0 aliphatic rings. The zero-order valence-corrected chi connectivity index (χ0v) is 18.1. The van der Waals surface area contributed by atoms with E-state index in [-0.39, 0.29) is 5.78 Å². The molecule has 0 N–H and O–H groups in total. The van der Waals surface area contributed by atoms with Crippen LogP contribution >= 0.6 is 0 Å². The Balaban J connectivity index is 2.37. The number of hydrogen-bond acceptors (Lipinski definition) is 5. The van der Waals surface area contributed by atoms with Crippen LogP contribution in [0.4, 0.5) is 0 Å². The van der Waals surface area contributed by atoms with Gasteiger partial charge in [0.15, 0.2) is 11.5 Å². The molecule has 0 bridgehead atoms. The molecule has 0 fully saturated rings. The van der Waals surface area contributed by atoms with Crippen LogP contribution in [0.15, 0.2) is 54.6 Å². The zero-order chi connectivity index (χ0) is 20.4. The van der Waals surface area contributed by atoms with Crippen molar-refractivity contribution in [2.24, 2.45) is 0 Å². The number of carbonyl (C=O) groups is 1. The van der Waals surface area contributed by atoms with Crippen LogP contribution in [0.1, 0.15) is 50.0 Å². The summed E-state index contributed by atoms with van der Waals surface area (Å²) >= 11 is 0. The molecule has 0 amide bonds. The van der Waals surface area contributed by atoms with E-state index in [9.17, 15) is 4.79 Å². The van der Waals surface area contributed by atoms with E-state index in [1.165, 1.54) is 0 Å². The summed E-state index contributed by atoms with van der Waals surface area (Å²) in [4.78, 5) is 13.0. The summed E-state index contributed by atoms with van der Waals surface area (Å²) < 4.78 is 24.3. The summed E-state index contributed by atoms with van der Waals surface area (Å²) in [6, 6.07) is 16.5. The van der Waals surface area contributed by atoms with Crippen molar-refractivity contribution in [3.63, 3.8) is 0 Å². The number of para-hydroxylation sites is 1. The summed E-state index contributed by atoms with van der Waals surface area (Å²) in [6.45, 7) is 9.16. The van der Waals surface area contributed by atoms with Gasteiger partial charge in [0.05, 0.1) is 5.56 Å². The van der Waals surface area contributed by atoms with Crippen LogP contribution < -0.4 is 4.74 Å². The van der Waals surface area contributed by atoms with Crippen molar-refractivity contribution in [1.29, 1.82) is 0 Å². The van der Waals surface area contributed by atoms with Crippen molar-refractivity contribution >= 4 is 14.6 Å². The molecule has 0 spiro atoms. The summed E-state index contributed by atoms with van der Waals surface area (Å²) in [5, 5.41) is 0. The van der Waals surface area contributed by atoms with Gasteiger partial charge in [-0.05, 0) is 39.3 Å². The fourth-order valence-corrected chi connectivity index (χ4v) is 5.85. The highest BCUT2D eigenvalue weighted by molar-refractivity contribution is 6.62. The predicted octanol–water partition coefficient (Wildman–Crippen LogP) is 4.66. The fraction of sp³-hybridized carbons (Fsp3) is 0.409. The second kappa shape index (κ2) is 11.1. The first kappa shape index (κ1) is 22.3. The number of hydrogen-bond donors (Lipinski definition) is 0. The lowest BCUT2D eigenvalue weighted by Gasteiger charge is -2.35. The average Bonchev–Trinajstić information content (AvgIpc) is 2.73. The lowest BCUT2D eigenvalue weighted by Crippen LogP contribution is -2.58. The lowest BCUT2D eigenvalue weighted by atomic mass is 10.0. The molecule has 5 nitrogen and oxygen atoms in total. The first-order valence-corrected chi connectivity index (χ1v) is 11.7. The molecule has 1 atom stereocenters. The minimum Gasteiger partial charge on any atom is -0.485 e. The summed E-state index contributed by atoms with van der Waals surface area (Å²) in [5.74, 6) is 0.432. The van der Waals surface area contributed by atoms with Gasteiger partial charge in [-0.15, -0.1) is 0 Å². The first-order chi connectivity index (χ1) is 13.6. The number of benzene rings is 2. The van der Waals surface area contributed by atoms with Crippen molar-refractivity contribution in [1.82, 2.24) is 0 Å². The van der Waals surface area contributed by atoms with Crippen LogP contribution in [0.2, 0.25) is 0 Å². The third-order valence-electron chi connectivity index (χ3n) is 4.24. The van der Waals surface area contributed by atoms with Crippen molar-refractivity contribution in [2.45, 2.75) is 39.8 Å². The number of carbonyl (C=O) groups excluding carboxylic acids is 1. The van der Waals surface area contributed by atoms with Gasteiger partial charge in [0.1, 0.15) is 5.75 Å². The van der Waals surface area contributed by atoms with E-state index < -0.39 is 14.5 Å². The van der Waals surface area contributed by atoms with Gasteiger partial charge in [-0.1, -0.05) is 49.4 Å². The molecule has 0 saturated heterocycles. The molecule has 0 aliphatic carbocycles. The largest absolute Gasteiger partial charge is 0.543 e. The molecule has 2 rings (SSSR count). The molecular formula is C22H30O5Si. The summed E-state index contributed by atoms with van der Waals surface area (Å²) in [6.07, 6.45) is 0.639. The van der Waals surface area contributed by atoms with Crippen LogP contribution in [0.3, 0.4) is 0 Å². The Morgan fingerprint density at radius 3 is 1.89 bits per heavy atom. The fourth-order valence-electron chi connectivity index (χ4n) is 3.07. The van der Waals surface area contributed by atoms with Gasteiger partial charge in [-0.3, -0.25) is 4.79 Å². The van der Waals surface area contributed by atoms with E-state index >= 15 is 0 Å². The number of rotatable bonds is 12. The predicted molar refractivity (Wildman–Crippen MR) is 112 cm³/mol. The average molecular weight is 403 g/mol. The topological polar surface area (TPSA) is 54.0 Å². The quantitative estimate of drug-likeness (QED) is 0.382. The SMILES string of the molecule is CCO[Si](OCC)(OCC)C(CC)Oc1ccccc1C(=O)c1ccccc1. The van der Waals surface area contributed by atoms with Crippen LogP contribution in [0, 0.1) is 0 Å². The Bertz CT molecular complexity index is 718. The number of ether oxygens (including phenoxy) is 1. The Morgan fingerprint density at radius 2 is 1.36 bits per heavy atom. The molecule has 2 aromatic rings. The standard InChI is InChI=1S/C22H30O5Si/c1-5-21(28(24-6-2,25-7-3)26-8-4)27-20-17-13-12-16-19(20)22(23)18-14-10-9-11-15-18/h9-17,21H,5-8H2,1-4H3. The Morgan fingerprint density at radius 1 is 0.821 bits per heavy atom. The highest BCUT2D eigenvalue weighted by Crippen LogP contribution is 2.28. The Labute approximate surface area is 169 Å². The van der Waals surface area contributed by atoms with Crippen molar-refractivity contribution in [3.8, 4) is 5.75 Å². The third-order valence-corrected chi connectivity index (χ3v) is 7.63. The van der Waals surface area contributed by atoms with Crippen LogP contribution in [-0.4, -0.2) is 40.1 Å². The zero-order valence-electron chi connectivity index (χ0n) is 17.1. The van der Waals surface area contributed by atoms with Gasteiger partial charge in [-0.2, -0.15) is 0 Å². The Kier molecular flexibility index (Phi) is 8.85. The van der Waals surface area contributed by atoms with Crippen molar-refractivity contribution in [3.05, 3.63) is 65.7 Å². The van der Waals surface area contributed by atoms with E-state index in [1.54, 1.807) is 18.2 Å². The molecule has 0 heterocycles. The van der Waals surface area contributed by atoms with E-state index in [1.807, 2.05) is 64.1 Å². The van der Waals surface area contributed by atoms with E-state index in [2.05, 4.69) is 0 Å². The molecule has 0 aliphatic heterocycles. The third kappa shape index (κ3) is 5.29. The van der Waals surface area contributed by atoms with Gasteiger partial charge < -0.3 is 18.0 Å². The Hall–Kier alpha value is -1.99. The second-order valence-corrected chi connectivity index (χ2v) is 8.83. The highest BCUT2D eigenvalue weighted by Gasteiger charge is 2.51. The van der Waals surface area contributed by atoms with Crippen LogP contribution in [0.5, 0.6) is 5.75 Å². The molecule has 0 saturated carbocycles. The smallest absolute Gasteiger partial charge is 0.485 e. The van der Waals surface area contributed by atoms with Crippen molar-refractivity contribution in [2.75, 3.05) is 19.8 Å². The van der Waals surface area contributed by atoms with Crippen molar-refractivity contribution < 1.29 is 22.8 Å². The van der Waals surface area contributed by atoms with Gasteiger partial charge >= 0.3 is 8.80 Å². The maximum absolute atomic E-state index is 13.0. The molecule has 28 heavy (non-hydrogen) atoms. The minimum atomic E-state index is -3.08. The highest BCUT2D eigenvalue weighted by atomic mass is 28.4. The van der Waals surface area contributed by atoms with Gasteiger partial charge in [0.25, 0.3) is 0 Å². The molecular weight excluding hydrogens is 372 g/mol. The van der Waals surface area contributed by atoms with Gasteiger partial charge in [0.2, 0.25) is 0 Å². The molecule has 2 aromatic carbocycles. The van der Waals surface area contributed by atoms with Crippen LogP contribution in [-0.2, 0) is 13.3 Å². The van der Waals surface area contributed by atoms with E-state index in [0.717, 1.165) is 0 Å². The normalized spacial score (nSPS) is 12.6. The lowest BCUT2D eigenvalue weighted by molar-refractivity contribution is 0.0280.